The molecule has 1 amide bonds. The molecule has 1 N–H and O–H groups in total. The predicted molar refractivity (Wildman–Crippen MR) is 94.0 cm³/mol. The van der Waals surface area contributed by atoms with Gasteiger partial charge in [0.05, 0.1) is 25.7 Å². The first-order valence-corrected chi connectivity index (χ1v) is 8.83. The van der Waals surface area contributed by atoms with E-state index in [1.807, 2.05) is 11.8 Å². The zero-order valence-electron chi connectivity index (χ0n) is 14.7. The summed E-state index contributed by atoms with van der Waals surface area (Å²) in [5, 5.41) is 0.803. The van der Waals surface area contributed by atoms with Crippen molar-refractivity contribution in [2.75, 3.05) is 39.9 Å². The van der Waals surface area contributed by atoms with Crippen molar-refractivity contribution < 1.29 is 13.9 Å². The van der Waals surface area contributed by atoms with E-state index in [0.29, 0.717) is 25.6 Å². The van der Waals surface area contributed by atoms with Crippen LogP contribution in [-0.2, 0) is 16.0 Å². The second-order valence-corrected chi connectivity index (χ2v) is 7.42. The fourth-order valence-corrected chi connectivity index (χ4v) is 4.22. The SMILES string of the molecule is Cc1[nH]c2ccc(F)cc2c1CC(=O)N1C[C@H]2COC[C@@H]1CN(C)C2. The van der Waals surface area contributed by atoms with E-state index in [9.17, 15) is 9.18 Å². The highest BCUT2D eigenvalue weighted by molar-refractivity contribution is 5.90. The molecule has 2 fully saturated rings. The summed E-state index contributed by atoms with van der Waals surface area (Å²) in [4.78, 5) is 20.6. The highest BCUT2D eigenvalue weighted by atomic mass is 19.1. The molecule has 2 atom stereocenters. The van der Waals surface area contributed by atoms with Crippen molar-refractivity contribution in [3.63, 3.8) is 0 Å². The number of hydrogen-bond donors (Lipinski definition) is 1. The van der Waals surface area contributed by atoms with Crippen LogP contribution in [0.3, 0.4) is 0 Å². The van der Waals surface area contributed by atoms with Crippen molar-refractivity contribution in [1.29, 1.82) is 0 Å². The maximum atomic E-state index is 13.7. The maximum absolute atomic E-state index is 13.7. The third kappa shape index (κ3) is 3.16. The molecular formula is C19H24FN3O2. The number of aryl methyl sites for hydroxylation is 1. The molecule has 25 heavy (non-hydrogen) atoms. The molecule has 2 bridgehead atoms. The van der Waals surface area contributed by atoms with Crippen LogP contribution in [0.15, 0.2) is 18.2 Å². The minimum Gasteiger partial charge on any atom is -0.379 e. The Labute approximate surface area is 146 Å². The van der Waals surface area contributed by atoms with E-state index in [4.69, 9.17) is 4.74 Å². The van der Waals surface area contributed by atoms with Crippen LogP contribution < -0.4 is 0 Å². The fourth-order valence-electron chi connectivity index (χ4n) is 4.22. The summed E-state index contributed by atoms with van der Waals surface area (Å²) in [6, 6.07) is 4.77. The normalized spacial score (nSPS) is 24.5. The molecule has 2 saturated heterocycles. The van der Waals surface area contributed by atoms with Gasteiger partial charge in [0.1, 0.15) is 5.82 Å². The Hall–Kier alpha value is -1.92. The van der Waals surface area contributed by atoms with Gasteiger partial charge in [-0.2, -0.15) is 0 Å². The molecule has 134 valence electrons. The van der Waals surface area contributed by atoms with E-state index >= 15 is 0 Å². The number of likely N-dealkylation sites (N-methyl/N-ethyl adjacent to an activating group) is 1. The minimum atomic E-state index is -0.277. The van der Waals surface area contributed by atoms with Crippen molar-refractivity contribution in [1.82, 2.24) is 14.8 Å². The van der Waals surface area contributed by atoms with Crippen LogP contribution in [0.1, 0.15) is 11.3 Å². The minimum absolute atomic E-state index is 0.0900. The number of carbonyl (C=O) groups is 1. The monoisotopic (exact) mass is 345 g/mol. The number of aromatic amines is 1. The summed E-state index contributed by atoms with van der Waals surface area (Å²) in [6.45, 7) is 5.78. The molecule has 0 radical (unpaired) electrons. The summed E-state index contributed by atoms with van der Waals surface area (Å²) in [6.07, 6.45) is 0.294. The number of fused-ring (bicyclic) bond motifs is 4. The number of nitrogens with zero attached hydrogens (tertiary/aromatic N) is 2. The lowest BCUT2D eigenvalue weighted by molar-refractivity contribution is -0.133. The van der Waals surface area contributed by atoms with Gasteiger partial charge in [-0.05, 0) is 37.7 Å². The molecule has 1 aromatic heterocycles. The summed E-state index contributed by atoms with van der Waals surface area (Å²) < 4.78 is 19.4. The molecule has 3 heterocycles. The van der Waals surface area contributed by atoms with Crippen LogP contribution in [-0.4, -0.2) is 66.6 Å². The number of hydrogen-bond acceptors (Lipinski definition) is 3. The molecule has 0 spiro atoms. The summed E-state index contributed by atoms with van der Waals surface area (Å²) >= 11 is 0. The number of benzene rings is 1. The van der Waals surface area contributed by atoms with E-state index in [1.165, 1.54) is 12.1 Å². The first-order chi connectivity index (χ1) is 12.0. The van der Waals surface area contributed by atoms with E-state index in [0.717, 1.165) is 41.8 Å². The molecule has 5 nitrogen and oxygen atoms in total. The van der Waals surface area contributed by atoms with Crippen LogP contribution >= 0.6 is 0 Å². The summed E-state index contributed by atoms with van der Waals surface area (Å²) in [5.74, 6) is 0.174. The van der Waals surface area contributed by atoms with Gasteiger partial charge in [0.2, 0.25) is 5.91 Å². The van der Waals surface area contributed by atoms with Crippen molar-refractivity contribution in [3.05, 3.63) is 35.3 Å². The molecular weight excluding hydrogens is 321 g/mol. The van der Waals surface area contributed by atoms with Crippen LogP contribution in [0.4, 0.5) is 4.39 Å². The molecule has 1 aromatic carbocycles. The van der Waals surface area contributed by atoms with Crippen LogP contribution in [0.2, 0.25) is 0 Å². The Balaban J connectivity index is 1.62. The molecule has 0 aliphatic carbocycles. The van der Waals surface area contributed by atoms with Gasteiger partial charge in [0.25, 0.3) is 0 Å². The van der Waals surface area contributed by atoms with Crippen LogP contribution in [0.25, 0.3) is 10.9 Å². The zero-order valence-corrected chi connectivity index (χ0v) is 14.7. The number of amides is 1. The van der Waals surface area contributed by atoms with Gasteiger partial charge in [-0.1, -0.05) is 0 Å². The second-order valence-electron chi connectivity index (χ2n) is 7.42. The Morgan fingerprint density at radius 2 is 2.16 bits per heavy atom. The van der Waals surface area contributed by atoms with E-state index in [1.54, 1.807) is 6.07 Å². The number of ether oxygens (including phenoxy) is 1. The summed E-state index contributed by atoms with van der Waals surface area (Å²) in [5.41, 5.74) is 2.70. The number of nitrogens with one attached hydrogen (secondary N) is 1. The van der Waals surface area contributed by atoms with Gasteiger partial charge in [-0.25, -0.2) is 4.39 Å². The molecule has 2 aromatic rings. The third-order valence-electron chi connectivity index (χ3n) is 5.38. The van der Waals surface area contributed by atoms with Gasteiger partial charge in [0, 0.05) is 42.1 Å². The third-order valence-corrected chi connectivity index (χ3v) is 5.38. The summed E-state index contributed by atoms with van der Waals surface area (Å²) in [7, 11) is 2.10. The molecule has 0 saturated carbocycles. The Kier molecular flexibility index (Phi) is 4.25. The molecule has 0 unspecified atom stereocenters. The first kappa shape index (κ1) is 16.5. The maximum Gasteiger partial charge on any atom is 0.227 e. The topological polar surface area (TPSA) is 48.6 Å². The van der Waals surface area contributed by atoms with Crippen molar-refractivity contribution >= 4 is 16.8 Å². The highest BCUT2D eigenvalue weighted by Gasteiger charge is 2.34. The van der Waals surface area contributed by atoms with Gasteiger partial charge in [-0.3, -0.25) is 4.79 Å². The quantitative estimate of drug-likeness (QED) is 0.905. The van der Waals surface area contributed by atoms with Crippen molar-refractivity contribution in [3.8, 4) is 0 Å². The predicted octanol–water partition coefficient (Wildman–Crippen LogP) is 1.95. The Morgan fingerprint density at radius 1 is 1.32 bits per heavy atom. The second kappa shape index (κ2) is 6.42. The fraction of sp³-hybridized carbons (Fsp3) is 0.526. The molecule has 6 heteroatoms. The lowest BCUT2D eigenvalue weighted by atomic mass is 10.1. The average molecular weight is 345 g/mol. The number of rotatable bonds is 2. The van der Waals surface area contributed by atoms with Gasteiger partial charge >= 0.3 is 0 Å². The molecule has 2 aliphatic rings. The van der Waals surface area contributed by atoms with Crippen LogP contribution in [0, 0.1) is 18.7 Å². The van der Waals surface area contributed by atoms with Crippen LogP contribution in [0.5, 0.6) is 0 Å². The largest absolute Gasteiger partial charge is 0.379 e. The standard InChI is InChI=1S/C19H24FN3O2/c1-12-16(17-5-14(20)3-4-18(17)21-12)6-19(24)23-8-13-7-22(2)9-15(23)11-25-10-13/h3-5,13,15,21H,6-11H2,1-2H3/t13-,15-/m0/s1. The highest BCUT2D eigenvalue weighted by Crippen LogP contribution is 2.26. The molecule has 2 aliphatic heterocycles. The van der Waals surface area contributed by atoms with Gasteiger partial charge < -0.3 is 19.5 Å². The van der Waals surface area contributed by atoms with E-state index in [-0.39, 0.29) is 17.8 Å². The molecule has 4 rings (SSSR count). The first-order valence-electron chi connectivity index (χ1n) is 8.83. The lowest BCUT2D eigenvalue weighted by Crippen LogP contribution is -2.46. The van der Waals surface area contributed by atoms with Crippen molar-refractivity contribution in [2.45, 2.75) is 19.4 Å². The Bertz CT molecular complexity index is 803. The number of H-pyrrole nitrogens is 1. The smallest absolute Gasteiger partial charge is 0.227 e. The van der Waals surface area contributed by atoms with Gasteiger partial charge in [-0.15, -0.1) is 0 Å². The number of halogens is 1. The average Bonchev–Trinajstić information content (AvgIpc) is 2.70. The van der Waals surface area contributed by atoms with E-state index in [2.05, 4.69) is 16.9 Å². The van der Waals surface area contributed by atoms with Crippen molar-refractivity contribution in [2.24, 2.45) is 5.92 Å². The lowest BCUT2D eigenvalue weighted by Gasteiger charge is -2.29. The van der Waals surface area contributed by atoms with Gasteiger partial charge in [0.15, 0.2) is 0 Å². The number of aromatic nitrogens is 1. The zero-order chi connectivity index (χ0) is 17.6. The Morgan fingerprint density at radius 3 is 3.00 bits per heavy atom. The van der Waals surface area contributed by atoms with E-state index < -0.39 is 0 Å². The number of carbonyl (C=O) groups excluding carboxylic acids is 1.